The number of nitrogens with one attached hydrogen (secondary N) is 1. The van der Waals surface area contributed by atoms with E-state index in [2.05, 4.69) is 40.2 Å². The van der Waals surface area contributed by atoms with Crippen molar-refractivity contribution in [1.29, 1.82) is 0 Å². The van der Waals surface area contributed by atoms with Gasteiger partial charge in [-0.05, 0) is 44.0 Å². The predicted molar refractivity (Wildman–Crippen MR) is 114 cm³/mol. The van der Waals surface area contributed by atoms with E-state index >= 15 is 0 Å². The molecule has 0 aliphatic carbocycles. The minimum absolute atomic E-state index is 0.0893. The van der Waals surface area contributed by atoms with Crippen LogP contribution in [0.5, 0.6) is 5.75 Å². The number of carbonyl (C=O) groups is 1. The Labute approximate surface area is 168 Å². The summed E-state index contributed by atoms with van der Waals surface area (Å²) in [5.41, 5.74) is 3.51. The molecule has 2 aromatic carbocycles. The van der Waals surface area contributed by atoms with Crippen LogP contribution < -0.4 is 15.0 Å². The van der Waals surface area contributed by atoms with E-state index in [1.165, 1.54) is 11.1 Å². The zero-order valence-corrected chi connectivity index (χ0v) is 17.1. The van der Waals surface area contributed by atoms with Gasteiger partial charge in [0.05, 0.1) is 18.3 Å². The minimum atomic E-state index is -0.131. The monoisotopic (exact) mass is 381 g/mol. The van der Waals surface area contributed by atoms with E-state index in [1.807, 2.05) is 44.2 Å². The molecule has 1 aliphatic rings. The summed E-state index contributed by atoms with van der Waals surface area (Å²) in [5.74, 6) is 1.02. The number of hydrogen-bond donors (Lipinski definition) is 1. The molecule has 0 spiro atoms. The van der Waals surface area contributed by atoms with Gasteiger partial charge >= 0.3 is 0 Å². The lowest BCUT2D eigenvalue weighted by molar-refractivity contribution is -0.126. The molecule has 5 heteroatoms. The van der Waals surface area contributed by atoms with Crippen molar-refractivity contribution in [2.75, 3.05) is 37.7 Å². The molecule has 28 heavy (non-hydrogen) atoms. The van der Waals surface area contributed by atoms with Crippen LogP contribution in [0.1, 0.15) is 25.0 Å². The van der Waals surface area contributed by atoms with E-state index in [4.69, 9.17) is 4.74 Å². The summed E-state index contributed by atoms with van der Waals surface area (Å²) < 4.78 is 5.77. The zero-order chi connectivity index (χ0) is 19.9. The van der Waals surface area contributed by atoms with Crippen molar-refractivity contribution in [3.05, 3.63) is 59.7 Å². The lowest BCUT2D eigenvalue weighted by Gasteiger charge is -2.39. The molecule has 1 N–H and O–H groups in total. The highest BCUT2D eigenvalue weighted by molar-refractivity contribution is 5.81. The molecule has 1 saturated heterocycles. The Bertz CT molecular complexity index is 785. The molecule has 0 saturated carbocycles. The summed E-state index contributed by atoms with van der Waals surface area (Å²) in [6.07, 6.45) is 0. The molecule has 1 amide bonds. The number of piperazine rings is 1. The molecule has 1 atom stereocenters. The highest BCUT2D eigenvalue weighted by atomic mass is 16.5. The van der Waals surface area contributed by atoms with Gasteiger partial charge in [-0.2, -0.15) is 0 Å². The number of rotatable bonds is 7. The number of anilines is 1. The number of aryl methyl sites for hydroxylation is 1. The molecule has 2 aromatic rings. The molecule has 0 bridgehead atoms. The van der Waals surface area contributed by atoms with Gasteiger partial charge in [0.25, 0.3) is 0 Å². The highest BCUT2D eigenvalue weighted by Crippen LogP contribution is 2.29. The Balaban J connectivity index is 1.53. The van der Waals surface area contributed by atoms with Gasteiger partial charge in [-0.25, -0.2) is 0 Å². The Morgan fingerprint density at radius 2 is 1.75 bits per heavy atom. The Morgan fingerprint density at radius 1 is 1.07 bits per heavy atom. The van der Waals surface area contributed by atoms with Gasteiger partial charge in [0.2, 0.25) is 5.91 Å². The fraction of sp³-hybridized carbons (Fsp3) is 0.435. The van der Waals surface area contributed by atoms with Crippen LogP contribution in [0.15, 0.2) is 48.5 Å². The third-order valence-corrected chi connectivity index (χ3v) is 5.46. The van der Waals surface area contributed by atoms with Crippen molar-refractivity contribution in [3.8, 4) is 5.75 Å². The molecular formula is C23H31N3O2. The van der Waals surface area contributed by atoms with Crippen molar-refractivity contribution in [1.82, 2.24) is 10.2 Å². The smallest absolute Gasteiger partial charge is 0.237 e. The van der Waals surface area contributed by atoms with E-state index in [0.29, 0.717) is 13.2 Å². The average Bonchev–Trinajstić information content (AvgIpc) is 2.73. The topological polar surface area (TPSA) is 44.8 Å². The van der Waals surface area contributed by atoms with Crippen LogP contribution in [0.4, 0.5) is 5.69 Å². The van der Waals surface area contributed by atoms with Crippen molar-refractivity contribution in [2.24, 2.45) is 0 Å². The minimum Gasteiger partial charge on any atom is -0.492 e. The predicted octanol–water partition coefficient (Wildman–Crippen LogP) is 3.22. The number of amides is 1. The van der Waals surface area contributed by atoms with Crippen LogP contribution in [-0.2, 0) is 11.3 Å². The molecule has 3 rings (SSSR count). The average molecular weight is 382 g/mol. The van der Waals surface area contributed by atoms with Crippen molar-refractivity contribution in [2.45, 2.75) is 33.4 Å². The third kappa shape index (κ3) is 4.84. The number of para-hydroxylation sites is 2. The Hall–Kier alpha value is -2.53. The molecule has 0 aromatic heterocycles. The SMILES string of the molecule is CCOc1ccccc1N1CCN(C(C)C(=O)NCc2ccccc2C)CC1. The van der Waals surface area contributed by atoms with Crippen molar-refractivity contribution >= 4 is 11.6 Å². The van der Waals surface area contributed by atoms with Gasteiger partial charge in [-0.15, -0.1) is 0 Å². The fourth-order valence-corrected chi connectivity index (χ4v) is 3.65. The largest absolute Gasteiger partial charge is 0.492 e. The molecule has 150 valence electrons. The summed E-state index contributed by atoms with van der Waals surface area (Å²) in [6.45, 7) is 10.8. The van der Waals surface area contributed by atoms with Crippen LogP contribution in [0.3, 0.4) is 0 Å². The van der Waals surface area contributed by atoms with Crippen LogP contribution in [0, 0.1) is 6.92 Å². The van der Waals surface area contributed by atoms with Crippen LogP contribution >= 0.6 is 0 Å². The van der Waals surface area contributed by atoms with Gasteiger partial charge in [0.1, 0.15) is 5.75 Å². The van der Waals surface area contributed by atoms with E-state index in [1.54, 1.807) is 0 Å². The van der Waals surface area contributed by atoms with Gasteiger partial charge in [0, 0.05) is 32.7 Å². The number of nitrogens with zero attached hydrogens (tertiary/aromatic N) is 2. The summed E-state index contributed by atoms with van der Waals surface area (Å²) in [7, 11) is 0. The quantitative estimate of drug-likeness (QED) is 0.800. The lowest BCUT2D eigenvalue weighted by Crippen LogP contribution is -2.54. The van der Waals surface area contributed by atoms with Crippen molar-refractivity contribution < 1.29 is 9.53 Å². The number of ether oxygens (including phenoxy) is 1. The van der Waals surface area contributed by atoms with E-state index < -0.39 is 0 Å². The molecule has 0 radical (unpaired) electrons. The van der Waals surface area contributed by atoms with Gasteiger partial charge in [-0.1, -0.05) is 36.4 Å². The second kappa shape index (κ2) is 9.60. The first-order valence-corrected chi connectivity index (χ1v) is 10.1. The third-order valence-electron chi connectivity index (χ3n) is 5.46. The van der Waals surface area contributed by atoms with Crippen LogP contribution in [-0.4, -0.2) is 49.6 Å². The van der Waals surface area contributed by atoms with Gasteiger partial charge < -0.3 is 15.0 Å². The molecule has 1 heterocycles. The Kier molecular flexibility index (Phi) is 6.93. The van der Waals surface area contributed by atoms with Crippen LogP contribution in [0.2, 0.25) is 0 Å². The first-order chi connectivity index (χ1) is 13.6. The molecule has 1 unspecified atom stereocenters. The van der Waals surface area contributed by atoms with Crippen LogP contribution in [0.25, 0.3) is 0 Å². The zero-order valence-electron chi connectivity index (χ0n) is 17.1. The Morgan fingerprint density at radius 3 is 2.46 bits per heavy atom. The maximum Gasteiger partial charge on any atom is 0.237 e. The van der Waals surface area contributed by atoms with Gasteiger partial charge in [-0.3, -0.25) is 9.69 Å². The van der Waals surface area contributed by atoms with Crippen molar-refractivity contribution in [3.63, 3.8) is 0 Å². The van der Waals surface area contributed by atoms with E-state index in [0.717, 1.165) is 37.6 Å². The molecule has 1 aliphatic heterocycles. The number of benzene rings is 2. The summed E-state index contributed by atoms with van der Waals surface area (Å²) in [5, 5.41) is 3.09. The molecule has 1 fully saturated rings. The standard InChI is InChI=1S/C23H31N3O2/c1-4-28-22-12-8-7-11-21(22)26-15-13-25(14-16-26)19(3)23(27)24-17-20-10-6-5-9-18(20)2/h5-12,19H,4,13-17H2,1-3H3,(H,24,27). The normalized spacial score (nSPS) is 15.9. The molecular weight excluding hydrogens is 350 g/mol. The molecule has 5 nitrogen and oxygen atoms in total. The summed E-state index contributed by atoms with van der Waals surface area (Å²) in [4.78, 5) is 17.2. The lowest BCUT2D eigenvalue weighted by atomic mass is 10.1. The summed E-state index contributed by atoms with van der Waals surface area (Å²) >= 11 is 0. The maximum absolute atomic E-state index is 12.6. The number of carbonyl (C=O) groups excluding carboxylic acids is 1. The highest BCUT2D eigenvalue weighted by Gasteiger charge is 2.26. The number of hydrogen-bond acceptors (Lipinski definition) is 4. The second-order valence-corrected chi connectivity index (χ2v) is 7.24. The first-order valence-electron chi connectivity index (χ1n) is 10.1. The van der Waals surface area contributed by atoms with E-state index in [9.17, 15) is 4.79 Å². The van der Waals surface area contributed by atoms with E-state index in [-0.39, 0.29) is 11.9 Å². The fourth-order valence-electron chi connectivity index (χ4n) is 3.65. The maximum atomic E-state index is 12.6. The summed E-state index contributed by atoms with van der Waals surface area (Å²) in [6, 6.07) is 16.2. The second-order valence-electron chi connectivity index (χ2n) is 7.24. The van der Waals surface area contributed by atoms with Gasteiger partial charge in [0.15, 0.2) is 0 Å². The first kappa shape index (κ1) is 20.2.